The van der Waals surface area contributed by atoms with Crippen LogP contribution in [-0.4, -0.2) is 11.1 Å². The Kier molecular flexibility index (Phi) is 3.04. The summed E-state index contributed by atoms with van der Waals surface area (Å²) in [5.74, 6) is -0.991. The molecule has 0 aliphatic rings. The second-order valence-electron chi connectivity index (χ2n) is 3.39. The van der Waals surface area contributed by atoms with E-state index < -0.39 is 5.97 Å². The average Bonchev–Trinajstić information content (AvgIpc) is 2.41. The molecular formula is C10H14N2O2S. The molecule has 0 fully saturated rings. The van der Waals surface area contributed by atoms with Crippen molar-refractivity contribution in [2.45, 2.75) is 20.8 Å². The monoisotopic (exact) mass is 226 g/mol. The van der Waals surface area contributed by atoms with Crippen LogP contribution in [-0.2, 0) is 0 Å². The van der Waals surface area contributed by atoms with E-state index in [2.05, 4.69) is 0 Å². The van der Waals surface area contributed by atoms with E-state index in [9.17, 15) is 4.79 Å². The molecule has 0 saturated carbocycles. The van der Waals surface area contributed by atoms with E-state index in [1.807, 2.05) is 13.8 Å². The average molecular weight is 226 g/mol. The molecular weight excluding hydrogens is 212 g/mol. The number of nitrogen functional groups attached to an aromatic ring is 1. The van der Waals surface area contributed by atoms with Gasteiger partial charge in [-0.05, 0) is 26.3 Å². The molecule has 0 bridgehead atoms. The van der Waals surface area contributed by atoms with Crippen molar-refractivity contribution in [1.82, 2.24) is 0 Å². The summed E-state index contributed by atoms with van der Waals surface area (Å²) in [5, 5.41) is 8.91. The first-order valence-corrected chi connectivity index (χ1v) is 5.23. The van der Waals surface area contributed by atoms with Crippen LogP contribution in [0.15, 0.2) is 5.70 Å². The van der Waals surface area contributed by atoms with E-state index in [0.29, 0.717) is 11.4 Å². The van der Waals surface area contributed by atoms with Crippen molar-refractivity contribution in [2.24, 2.45) is 5.73 Å². The number of aryl methyl sites for hydroxylation is 1. The number of carboxylic acid groups (broad SMARTS) is 1. The maximum Gasteiger partial charge on any atom is 0.348 e. The molecule has 0 saturated heterocycles. The molecule has 1 rings (SSSR count). The Hall–Kier alpha value is -1.49. The molecule has 4 nitrogen and oxygen atoms in total. The molecule has 0 aromatic carbocycles. The maximum atomic E-state index is 10.9. The van der Waals surface area contributed by atoms with E-state index in [1.54, 1.807) is 6.92 Å². The molecule has 0 unspecified atom stereocenters. The standard InChI is InChI=1S/C10H14N2O2S/c1-4(5(2)11)7-6(3)15-9(8(7)12)10(13)14/h11-12H2,1-3H3,(H,13,14)/b5-4-. The normalized spacial score (nSPS) is 12.5. The summed E-state index contributed by atoms with van der Waals surface area (Å²) < 4.78 is 0. The van der Waals surface area contributed by atoms with Gasteiger partial charge in [0, 0.05) is 16.1 Å². The third-order valence-electron chi connectivity index (χ3n) is 2.28. The van der Waals surface area contributed by atoms with Gasteiger partial charge >= 0.3 is 5.97 Å². The van der Waals surface area contributed by atoms with E-state index >= 15 is 0 Å². The van der Waals surface area contributed by atoms with Crippen molar-refractivity contribution in [1.29, 1.82) is 0 Å². The number of anilines is 1. The summed E-state index contributed by atoms with van der Waals surface area (Å²) in [4.78, 5) is 11.9. The predicted octanol–water partition coefficient (Wildman–Crippen LogP) is 2.05. The first kappa shape index (κ1) is 11.6. The van der Waals surface area contributed by atoms with Crippen LogP contribution in [0.25, 0.3) is 5.57 Å². The van der Waals surface area contributed by atoms with Crippen LogP contribution in [0, 0.1) is 6.92 Å². The minimum Gasteiger partial charge on any atom is -0.477 e. The van der Waals surface area contributed by atoms with Crippen LogP contribution < -0.4 is 11.5 Å². The number of rotatable bonds is 2. The van der Waals surface area contributed by atoms with Crippen LogP contribution in [0.5, 0.6) is 0 Å². The Balaban J connectivity index is 3.45. The number of carbonyl (C=O) groups is 1. The van der Waals surface area contributed by atoms with Gasteiger partial charge in [-0.1, -0.05) is 0 Å². The number of thiophene rings is 1. The zero-order valence-electron chi connectivity index (χ0n) is 8.92. The Morgan fingerprint density at radius 2 is 1.93 bits per heavy atom. The van der Waals surface area contributed by atoms with Gasteiger partial charge in [0.15, 0.2) is 0 Å². The van der Waals surface area contributed by atoms with Crippen LogP contribution in [0.2, 0.25) is 0 Å². The summed E-state index contributed by atoms with van der Waals surface area (Å²) in [5.41, 5.74) is 14.0. The lowest BCUT2D eigenvalue weighted by Crippen LogP contribution is -2.01. The van der Waals surface area contributed by atoms with Gasteiger partial charge in [0.2, 0.25) is 0 Å². The Morgan fingerprint density at radius 1 is 1.40 bits per heavy atom. The quantitative estimate of drug-likeness (QED) is 0.720. The van der Waals surface area contributed by atoms with Crippen LogP contribution in [0.3, 0.4) is 0 Å². The topological polar surface area (TPSA) is 89.3 Å². The smallest absolute Gasteiger partial charge is 0.348 e. The van der Waals surface area contributed by atoms with Crippen molar-refractivity contribution >= 4 is 28.6 Å². The third kappa shape index (κ3) is 1.97. The van der Waals surface area contributed by atoms with Crippen LogP contribution >= 0.6 is 11.3 Å². The minimum atomic E-state index is -0.991. The van der Waals surface area contributed by atoms with Crippen LogP contribution in [0.4, 0.5) is 5.69 Å². The summed E-state index contributed by atoms with van der Waals surface area (Å²) >= 11 is 1.18. The molecule has 1 aromatic heterocycles. The Bertz CT molecular complexity index is 443. The van der Waals surface area contributed by atoms with E-state index in [1.165, 1.54) is 11.3 Å². The lowest BCUT2D eigenvalue weighted by Gasteiger charge is -2.04. The number of hydrogen-bond acceptors (Lipinski definition) is 4. The number of nitrogens with two attached hydrogens (primary N) is 2. The molecule has 0 radical (unpaired) electrons. The fourth-order valence-corrected chi connectivity index (χ4v) is 2.35. The van der Waals surface area contributed by atoms with Crippen molar-refractivity contribution in [3.8, 4) is 0 Å². The Labute approximate surface area is 92.2 Å². The fraction of sp³-hybridized carbons (Fsp3) is 0.300. The van der Waals surface area contributed by atoms with Crippen LogP contribution in [0.1, 0.15) is 34.0 Å². The summed E-state index contributed by atoms with van der Waals surface area (Å²) in [6.07, 6.45) is 0. The SMILES string of the molecule is C/C(N)=C(\C)c1c(C)sc(C(=O)O)c1N. The molecule has 5 N–H and O–H groups in total. The van der Waals surface area contributed by atoms with Gasteiger partial charge < -0.3 is 16.6 Å². The lowest BCUT2D eigenvalue weighted by molar-refractivity contribution is 0.0703. The van der Waals surface area contributed by atoms with Crippen molar-refractivity contribution in [3.63, 3.8) is 0 Å². The highest BCUT2D eigenvalue weighted by atomic mass is 32.1. The van der Waals surface area contributed by atoms with Crippen molar-refractivity contribution < 1.29 is 9.90 Å². The lowest BCUT2D eigenvalue weighted by atomic mass is 10.0. The number of hydrogen-bond donors (Lipinski definition) is 3. The first-order chi connectivity index (χ1) is 6.86. The van der Waals surface area contributed by atoms with Gasteiger partial charge in [-0.25, -0.2) is 4.79 Å². The molecule has 0 aliphatic carbocycles. The molecule has 0 atom stereocenters. The highest BCUT2D eigenvalue weighted by Gasteiger charge is 2.19. The molecule has 0 amide bonds. The zero-order valence-corrected chi connectivity index (χ0v) is 9.73. The fourth-order valence-electron chi connectivity index (χ4n) is 1.38. The van der Waals surface area contributed by atoms with Crippen molar-refractivity contribution in [3.05, 3.63) is 21.0 Å². The predicted molar refractivity (Wildman–Crippen MR) is 62.9 cm³/mol. The molecule has 1 heterocycles. The highest BCUT2D eigenvalue weighted by molar-refractivity contribution is 7.14. The molecule has 0 aliphatic heterocycles. The molecule has 82 valence electrons. The molecule has 1 aromatic rings. The molecule has 15 heavy (non-hydrogen) atoms. The largest absolute Gasteiger partial charge is 0.477 e. The zero-order chi connectivity index (χ0) is 11.7. The minimum absolute atomic E-state index is 0.183. The van der Waals surface area contributed by atoms with E-state index in [0.717, 1.165) is 16.0 Å². The van der Waals surface area contributed by atoms with Crippen molar-refractivity contribution in [2.75, 3.05) is 5.73 Å². The van der Waals surface area contributed by atoms with Gasteiger partial charge in [0.1, 0.15) is 4.88 Å². The molecule has 0 spiro atoms. The first-order valence-electron chi connectivity index (χ1n) is 4.41. The van der Waals surface area contributed by atoms with Gasteiger partial charge in [-0.15, -0.1) is 11.3 Å². The summed E-state index contributed by atoms with van der Waals surface area (Å²) in [6, 6.07) is 0. The number of allylic oxidation sites excluding steroid dienone is 2. The van der Waals surface area contributed by atoms with E-state index in [-0.39, 0.29) is 4.88 Å². The Morgan fingerprint density at radius 3 is 2.27 bits per heavy atom. The number of carboxylic acids is 1. The number of aromatic carboxylic acids is 1. The molecule has 5 heteroatoms. The van der Waals surface area contributed by atoms with Gasteiger partial charge in [-0.3, -0.25) is 0 Å². The third-order valence-corrected chi connectivity index (χ3v) is 3.39. The maximum absolute atomic E-state index is 10.9. The summed E-state index contributed by atoms with van der Waals surface area (Å²) in [6.45, 7) is 5.45. The highest BCUT2D eigenvalue weighted by Crippen LogP contribution is 2.35. The summed E-state index contributed by atoms with van der Waals surface area (Å²) in [7, 11) is 0. The second kappa shape index (κ2) is 3.94. The van der Waals surface area contributed by atoms with Gasteiger partial charge in [-0.2, -0.15) is 0 Å². The second-order valence-corrected chi connectivity index (χ2v) is 4.61. The van der Waals surface area contributed by atoms with Gasteiger partial charge in [0.05, 0.1) is 5.69 Å². The van der Waals surface area contributed by atoms with Gasteiger partial charge in [0.25, 0.3) is 0 Å². The van der Waals surface area contributed by atoms with E-state index in [4.69, 9.17) is 16.6 Å².